The maximum atomic E-state index is 12.7. The van der Waals surface area contributed by atoms with Gasteiger partial charge in [0.1, 0.15) is 5.69 Å². The Kier molecular flexibility index (Phi) is 4.74. The number of nitrogens with one attached hydrogen (secondary N) is 1. The fraction of sp³-hybridized carbons (Fsp3) is 0.0455. The normalized spacial score (nSPS) is 10.9. The molecule has 4 aromatic heterocycles. The van der Waals surface area contributed by atoms with Crippen molar-refractivity contribution in [3.05, 3.63) is 89.7 Å². The van der Waals surface area contributed by atoms with Crippen LogP contribution < -0.4 is 5.32 Å². The molecule has 0 aliphatic rings. The van der Waals surface area contributed by atoms with E-state index >= 15 is 0 Å². The summed E-state index contributed by atoms with van der Waals surface area (Å²) in [5, 5.41) is 10.4. The molecule has 5 aromatic rings. The van der Waals surface area contributed by atoms with Crippen LogP contribution in [0.3, 0.4) is 0 Å². The van der Waals surface area contributed by atoms with Gasteiger partial charge in [-0.05, 0) is 23.8 Å². The molecular formula is C22H16N6OS. The summed E-state index contributed by atoms with van der Waals surface area (Å²) in [6.07, 6.45) is 5.00. The summed E-state index contributed by atoms with van der Waals surface area (Å²) >= 11 is 1.36. The highest BCUT2D eigenvalue weighted by Crippen LogP contribution is 2.24. The van der Waals surface area contributed by atoms with Crippen LogP contribution in [0.2, 0.25) is 0 Å². The smallest absolute Gasteiger partial charge is 0.259 e. The van der Waals surface area contributed by atoms with Crippen LogP contribution in [0, 0.1) is 0 Å². The minimum Gasteiger partial charge on any atom is -0.298 e. The van der Waals surface area contributed by atoms with E-state index in [1.807, 2.05) is 58.6 Å². The maximum absolute atomic E-state index is 12.7. The first-order chi connectivity index (χ1) is 14.8. The molecule has 0 radical (unpaired) electrons. The predicted molar refractivity (Wildman–Crippen MR) is 116 cm³/mol. The quantitative estimate of drug-likeness (QED) is 0.466. The van der Waals surface area contributed by atoms with Crippen LogP contribution >= 0.6 is 11.3 Å². The minimum absolute atomic E-state index is 0.262. The lowest BCUT2D eigenvalue weighted by Crippen LogP contribution is -2.12. The lowest BCUT2D eigenvalue weighted by molar-refractivity contribution is 0.102. The third kappa shape index (κ3) is 3.68. The number of hydrogen-bond donors (Lipinski definition) is 1. The van der Waals surface area contributed by atoms with E-state index in [-0.39, 0.29) is 5.91 Å². The Hall–Kier alpha value is -3.91. The van der Waals surface area contributed by atoms with Gasteiger partial charge in [-0.1, -0.05) is 36.4 Å². The zero-order valence-electron chi connectivity index (χ0n) is 15.8. The van der Waals surface area contributed by atoms with Gasteiger partial charge in [-0.15, -0.1) is 11.3 Å². The zero-order valence-corrected chi connectivity index (χ0v) is 16.6. The number of anilines is 1. The topological polar surface area (TPSA) is 85.6 Å². The van der Waals surface area contributed by atoms with Gasteiger partial charge in [0.05, 0.1) is 24.0 Å². The number of benzene rings is 1. The van der Waals surface area contributed by atoms with Crippen molar-refractivity contribution in [2.24, 2.45) is 0 Å². The summed E-state index contributed by atoms with van der Waals surface area (Å²) in [4.78, 5) is 25.9. The fourth-order valence-electron chi connectivity index (χ4n) is 3.10. The monoisotopic (exact) mass is 412 g/mol. The Morgan fingerprint density at radius 3 is 2.70 bits per heavy atom. The molecule has 4 heterocycles. The number of thiazole rings is 1. The van der Waals surface area contributed by atoms with Crippen molar-refractivity contribution in [2.75, 3.05) is 5.32 Å². The van der Waals surface area contributed by atoms with Crippen molar-refractivity contribution in [3.63, 3.8) is 0 Å². The van der Waals surface area contributed by atoms with Gasteiger partial charge in [0, 0.05) is 23.2 Å². The SMILES string of the molecule is O=C(Nc1nc(-c2ccccn2)cs1)c1cnc2c(cnn2Cc2ccccc2)c1. The maximum Gasteiger partial charge on any atom is 0.259 e. The largest absolute Gasteiger partial charge is 0.298 e. The first-order valence-corrected chi connectivity index (χ1v) is 10.2. The molecule has 0 saturated carbocycles. The summed E-state index contributed by atoms with van der Waals surface area (Å²) in [5.74, 6) is -0.262. The molecule has 1 aromatic carbocycles. The average molecular weight is 412 g/mol. The third-order valence-corrected chi connectivity index (χ3v) is 5.32. The number of nitrogens with zero attached hydrogens (tertiary/aromatic N) is 5. The summed E-state index contributed by atoms with van der Waals surface area (Å²) in [7, 11) is 0. The van der Waals surface area contributed by atoms with Gasteiger partial charge in [0.25, 0.3) is 5.91 Å². The van der Waals surface area contributed by atoms with Crippen molar-refractivity contribution in [2.45, 2.75) is 6.54 Å². The van der Waals surface area contributed by atoms with Crippen molar-refractivity contribution >= 4 is 33.4 Å². The number of carbonyl (C=O) groups excluding carboxylic acids is 1. The molecule has 1 N–H and O–H groups in total. The molecule has 1 amide bonds. The first kappa shape index (κ1) is 18.1. The first-order valence-electron chi connectivity index (χ1n) is 9.30. The van der Waals surface area contributed by atoms with Crippen LogP contribution in [0.25, 0.3) is 22.4 Å². The van der Waals surface area contributed by atoms with Gasteiger partial charge in [0.15, 0.2) is 10.8 Å². The Labute approximate surface area is 176 Å². The minimum atomic E-state index is -0.262. The molecule has 30 heavy (non-hydrogen) atoms. The number of amides is 1. The van der Waals surface area contributed by atoms with Crippen LogP contribution in [0.4, 0.5) is 5.13 Å². The van der Waals surface area contributed by atoms with E-state index in [1.165, 1.54) is 11.3 Å². The summed E-state index contributed by atoms with van der Waals surface area (Å²) in [5.41, 5.74) is 3.83. The molecule has 0 spiro atoms. The highest BCUT2D eigenvalue weighted by Gasteiger charge is 2.13. The number of rotatable bonds is 5. The van der Waals surface area contributed by atoms with Crippen LogP contribution in [0.15, 0.2) is 78.6 Å². The molecule has 0 atom stereocenters. The van der Waals surface area contributed by atoms with Crippen LogP contribution in [0.5, 0.6) is 0 Å². The lowest BCUT2D eigenvalue weighted by atomic mass is 10.2. The van der Waals surface area contributed by atoms with Crippen molar-refractivity contribution in [1.29, 1.82) is 0 Å². The van der Waals surface area contributed by atoms with E-state index in [2.05, 4.69) is 25.4 Å². The van der Waals surface area contributed by atoms with Gasteiger partial charge >= 0.3 is 0 Å². The van der Waals surface area contributed by atoms with Gasteiger partial charge in [-0.2, -0.15) is 5.10 Å². The Morgan fingerprint density at radius 1 is 1.00 bits per heavy atom. The Bertz CT molecular complexity index is 1310. The van der Waals surface area contributed by atoms with Crippen molar-refractivity contribution < 1.29 is 4.79 Å². The van der Waals surface area contributed by atoms with Gasteiger partial charge in [-0.3, -0.25) is 15.1 Å². The highest BCUT2D eigenvalue weighted by molar-refractivity contribution is 7.14. The molecule has 8 heteroatoms. The molecule has 0 saturated heterocycles. The molecule has 7 nitrogen and oxygen atoms in total. The van der Waals surface area contributed by atoms with E-state index in [9.17, 15) is 4.79 Å². The lowest BCUT2D eigenvalue weighted by Gasteiger charge is -2.04. The fourth-order valence-corrected chi connectivity index (χ4v) is 3.80. The molecule has 5 rings (SSSR count). The second-order valence-corrected chi connectivity index (χ2v) is 7.49. The molecule has 0 bridgehead atoms. The van der Waals surface area contributed by atoms with Crippen molar-refractivity contribution in [3.8, 4) is 11.4 Å². The third-order valence-electron chi connectivity index (χ3n) is 4.57. The molecule has 146 valence electrons. The Morgan fingerprint density at radius 2 is 1.87 bits per heavy atom. The van der Waals surface area contributed by atoms with Crippen LogP contribution in [-0.2, 0) is 6.54 Å². The number of fused-ring (bicyclic) bond motifs is 1. The zero-order chi connectivity index (χ0) is 20.3. The molecule has 0 fully saturated rings. The number of aromatic nitrogens is 5. The summed E-state index contributed by atoms with van der Waals surface area (Å²) in [6, 6.07) is 17.5. The van der Waals surface area contributed by atoms with Crippen LogP contribution in [-0.4, -0.2) is 30.6 Å². The van der Waals surface area contributed by atoms with E-state index in [4.69, 9.17) is 0 Å². The second-order valence-electron chi connectivity index (χ2n) is 6.63. The van der Waals surface area contributed by atoms with E-state index in [0.29, 0.717) is 17.2 Å². The van der Waals surface area contributed by atoms with E-state index in [0.717, 1.165) is 28.0 Å². The molecule has 0 aliphatic heterocycles. The number of pyridine rings is 2. The summed E-state index contributed by atoms with van der Waals surface area (Å²) < 4.78 is 1.83. The van der Waals surface area contributed by atoms with Gasteiger partial charge in [0.2, 0.25) is 0 Å². The predicted octanol–water partition coefficient (Wildman–Crippen LogP) is 4.25. The summed E-state index contributed by atoms with van der Waals surface area (Å²) in [6.45, 7) is 0.623. The highest BCUT2D eigenvalue weighted by atomic mass is 32.1. The van der Waals surface area contributed by atoms with Gasteiger partial charge in [-0.25, -0.2) is 14.6 Å². The molecule has 0 unspecified atom stereocenters. The standard InChI is InChI=1S/C22H16N6OS/c29-21(27-22-26-19(14-30-22)18-8-4-5-9-23-18)17-10-16-12-25-28(20(16)24-11-17)13-15-6-2-1-3-7-15/h1-12,14H,13H2,(H,26,27,29). The van der Waals surface area contributed by atoms with E-state index < -0.39 is 0 Å². The second kappa shape index (κ2) is 7.84. The Balaban J connectivity index is 1.34. The number of carbonyl (C=O) groups is 1. The molecular weight excluding hydrogens is 396 g/mol. The number of hydrogen-bond acceptors (Lipinski definition) is 6. The average Bonchev–Trinajstić information content (AvgIpc) is 3.42. The van der Waals surface area contributed by atoms with Gasteiger partial charge < -0.3 is 0 Å². The van der Waals surface area contributed by atoms with Crippen LogP contribution in [0.1, 0.15) is 15.9 Å². The van der Waals surface area contributed by atoms with E-state index in [1.54, 1.807) is 24.7 Å². The molecule has 0 aliphatic carbocycles. The van der Waals surface area contributed by atoms with Crippen molar-refractivity contribution in [1.82, 2.24) is 24.7 Å².